The molecule has 2 amide bonds. The maximum absolute atomic E-state index is 13.4. The number of carbonyl (C=O) groups is 2. The molecule has 3 N–H and O–H groups in total. The van der Waals surface area contributed by atoms with Crippen LogP contribution in [0.15, 0.2) is 76.3 Å². The lowest BCUT2D eigenvalue weighted by atomic mass is 10.1. The van der Waals surface area contributed by atoms with Crippen molar-refractivity contribution in [3.05, 3.63) is 99.3 Å². The summed E-state index contributed by atoms with van der Waals surface area (Å²) in [5.41, 5.74) is 5.07. The lowest BCUT2D eigenvalue weighted by molar-refractivity contribution is 0.0388. The molecule has 204 valence electrons. The van der Waals surface area contributed by atoms with E-state index < -0.39 is 11.7 Å². The Morgan fingerprint density at radius 1 is 1.00 bits per heavy atom. The van der Waals surface area contributed by atoms with Crippen molar-refractivity contribution in [2.24, 2.45) is 5.10 Å². The van der Waals surface area contributed by atoms with Crippen molar-refractivity contribution >= 4 is 39.6 Å². The van der Waals surface area contributed by atoms with E-state index in [-0.39, 0.29) is 11.5 Å². The van der Waals surface area contributed by atoms with Crippen molar-refractivity contribution in [2.75, 3.05) is 31.5 Å². The summed E-state index contributed by atoms with van der Waals surface area (Å²) in [6, 6.07) is 18.6. The zero-order chi connectivity index (χ0) is 27.8. The highest BCUT2D eigenvalue weighted by Gasteiger charge is 2.27. The number of carbonyl (C=O) groups excluding carboxylic acids is 2. The minimum Gasteiger partial charge on any atom is -0.321 e. The smallest absolute Gasteiger partial charge is 0.273 e. The third-order valence-electron chi connectivity index (χ3n) is 6.51. The van der Waals surface area contributed by atoms with Gasteiger partial charge in [0.05, 0.1) is 17.5 Å². The Morgan fingerprint density at radius 3 is 2.38 bits per heavy atom. The molecule has 4 rings (SSSR count). The van der Waals surface area contributed by atoms with Crippen LogP contribution in [-0.4, -0.2) is 60.3 Å². The summed E-state index contributed by atoms with van der Waals surface area (Å²) in [5, 5.41) is 15.1. The number of halogens is 2. The first-order valence-electron chi connectivity index (χ1n) is 12.9. The molecular formula is C29H32BrFN6O2. The lowest BCUT2D eigenvalue weighted by Gasteiger charge is -2.24. The number of rotatable bonds is 10. The molecule has 39 heavy (non-hydrogen) atoms. The predicted molar refractivity (Wildman–Crippen MR) is 155 cm³/mol. The summed E-state index contributed by atoms with van der Waals surface area (Å²) in [6.45, 7) is 9.03. The topological polar surface area (TPSA) is 89.1 Å². The molecule has 3 aromatic carbocycles. The van der Waals surface area contributed by atoms with E-state index in [1.165, 1.54) is 18.3 Å². The highest BCUT2D eigenvalue weighted by Crippen LogP contribution is 2.22. The second kappa shape index (κ2) is 13.6. The van der Waals surface area contributed by atoms with Crippen LogP contribution in [0.25, 0.3) is 0 Å². The van der Waals surface area contributed by atoms with Crippen LogP contribution in [-0.2, 0) is 6.54 Å². The largest absolute Gasteiger partial charge is 0.321 e. The molecule has 1 saturated heterocycles. The summed E-state index contributed by atoms with van der Waals surface area (Å²) in [7, 11) is 0. The SMILES string of the molecule is CCN1CC(NCc2ccc(C(=O)Nc3ccc(Br)cc3C(=O)NN=Cc3cccc(F)c3)cc2)CN1CC. The maximum Gasteiger partial charge on any atom is 0.273 e. The number of hydrazine groups is 1. The van der Waals surface area contributed by atoms with Gasteiger partial charge in [-0.3, -0.25) is 9.59 Å². The number of hydrogen-bond donors (Lipinski definition) is 3. The Morgan fingerprint density at radius 2 is 1.72 bits per heavy atom. The molecule has 10 heteroatoms. The van der Waals surface area contributed by atoms with E-state index in [9.17, 15) is 14.0 Å². The van der Waals surface area contributed by atoms with Gasteiger partial charge in [-0.15, -0.1) is 0 Å². The Bertz CT molecular complexity index is 1320. The summed E-state index contributed by atoms with van der Waals surface area (Å²) >= 11 is 3.37. The van der Waals surface area contributed by atoms with E-state index in [2.05, 4.69) is 61.0 Å². The molecule has 0 radical (unpaired) electrons. The number of likely N-dealkylation sites (N-methyl/N-ethyl adjacent to an activating group) is 2. The zero-order valence-corrected chi connectivity index (χ0v) is 23.5. The number of anilines is 1. The average molecular weight is 596 g/mol. The monoisotopic (exact) mass is 594 g/mol. The maximum atomic E-state index is 13.4. The number of hydrazone groups is 1. The van der Waals surface area contributed by atoms with Gasteiger partial charge >= 0.3 is 0 Å². The fourth-order valence-corrected chi connectivity index (χ4v) is 4.80. The van der Waals surface area contributed by atoms with E-state index >= 15 is 0 Å². The Hall–Kier alpha value is -3.44. The van der Waals surface area contributed by atoms with Crippen LogP contribution in [0.3, 0.4) is 0 Å². The molecule has 1 fully saturated rings. The molecule has 1 aliphatic heterocycles. The van der Waals surface area contributed by atoms with Crippen molar-refractivity contribution in [2.45, 2.75) is 26.4 Å². The van der Waals surface area contributed by atoms with Crippen LogP contribution in [0, 0.1) is 5.82 Å². The highest BCUT2D eigenvalue weighted by molar-refractivity contribution is 9.10. The van der Waals surface area contributed by atoms with E-state index in [1.807, 2.05) is 12.1 Å². The first-order valence-corrected chi connectivity index (χ1v) is 13.7. The van der Waals surface area contributed by atoms with Crippen LogP contribution >= 0.6 is 15.9 Å². The molecule has 0 aromatic heterocycles. The van der Waals surface area contributed by atoms with Gasteiger partial charge in [-0.1, -0.05) is 54.0 Å². The summed E-state index contributed by atoms with van der Waals surface area (Å²) in [4.78, 5) is 25.8. The quantitative estimate of drug-likeness (QED) is 0.235. The van der Waals surface area contributed by atoms with Gasteiger partial charge in [0.1, 0.15) is 5.82 Å². The second-order valence-corrected chi connectivity index (χ2v) is 10.1. The van der Waals surface area contributed by atoms with Gasteiger partial charge in [0.25, 0.3) is 11.8 Å². The molecule has 0 bridgehead atoms. The first-order chi connectivity index (χ1) is 18.9. The molecule has 8 nitrogen and oxygen atoms in total. The van der Waals surface area contributed by atoms with Gasteiger partial charge in [-0.05, 0) is 53.6 Å². The third kappa shape index (κ3) is 7.79. The number of hydrogen-bond acceptors (Lipinski definition) is 6. The summed E-state index contributed by atoms with van der Waals surface area (Å²) < 4.78 is 14.0. The first kappa shape index (κ1) is 28.6. The van der Waals surface area contributed by atoms with Gasteiger partial charge in [-0.2, -0.15) is 5.10 Å². The Kier molecular flexibility index (Phi) is 9.94. The van der Waals surface area contributed by atoms with Gasteiger partial charge in [0.15, 0.2) is 0 Å². The summed E-state index contributed by atoms with van der Waals surface area (Å²) in [5.74, 6) is -1.25. The Labute approximate surface area is 236 Å². The van der Waals surface area contributed by atoms with Crippen LogP contribution in [0.5, 0.6) is 0 Å². The van der Waals surface area contributed by atoms with Crippen LogP contribution in [0.2, 0.25) is 0 Å². The molecule has 0 atom stereocenters. The number of nitrogens with one attached hydrogen (secondary N) is 3. The predicted octanol–water partition coefficient (Wildman–Crippen LogP) is 4.64. The normalized spacial score (nSPS) is 14.7. The highest BCUT2D eigenvalue weighted by atomic mass is 79.9. The lowest BCUT2D eigenvalue weighted by Crippen LogP contribution is -2.35. The second-order valence-electron chi connectivity index (χ2n) is 9.18. The van der Waals surface area contributed by atoms with E-state index in [4.69, 9.17) is 0 Å². The fourth-order valence-electron chi connectivity index (χ4n) is 4.44. The van der Waals surface area contributed by atoms with Gasteiger partial charge in [0, 0.05) is 48.8 Å². The van der Waals surface area contributed by atoms with Gasteiger partial charge in [-0.25, -0.2) is 19.8 Å². The van der Waals surface area contributed by atoms with Gasteiger partial charge in [0.2, 0.25) is 0 Å². The van der Waals surface area contributed by atoms with Crippen molar-refractivity contribution in [1.29, 1.82) is 0 Å². The average Bonchev–Trinajstić information content (AvgIpc) is 3.35. The number of amides is 2. The van der Waals surface area contributed by atoms with E-state index in [1.54, 1.807) is 42.5 Å². The van der Waals surface area contributed by atoms with Crippen LogP contribution in [0.1, 0.15) is 45.7 Å². The zero-order valence-electron chi connectivity index (χ0n) is 22.0. The van der Waals surface area contributed by atoms with Gasteiger partial charge < -0.3 is 10.6 Å². The number of nitrogens with zero attached hydrogens (tertiary/aromatic N) is 3. The third-order valence-corrected chi connectivity index (χ3v) is 7.00. The van der Waals surface area contributed by atoms with Crippen molar-refractivity contribution in [3.8, 4) is 0 Å². The molecular weight excluding hydrogens is 563 g/mol. The molecule has 0 saturated carbocycles. The molecule has 0 aliphatic carbocycles. The Balaban J connectivity index is 1.35. The molecule has 1 heterocycles. The van der Waals surface area contributed by atoms with Crippen molar-refractivity contribution in [1.82, 2.24) is 20.8 Å². The minimum atomic E-state index is -0.518. The summed E-state index contributed by atoms with van der Waals surface area (Å²) in [6.07, 6.45) is 1.35. The fraction of sp³-hybridized carbons (Fsp3) is 0.276. The van der Waals surface area contributed by atoms with E-state index in [0.717, 1.165) is 38.3 Å². The number of benzene rings is 3. The molecule has 0 unspecified atom stereocenters. The molecule has 1 aliphatic rings. The molecule has 0 spiro atoms. The van der Waals surface area contributed by atoms with Crippen LogP contribution < -0.4 is 16.1 Å². The van der Waals surface area contributed by atoms with E-state index in [0.29, 0.717) is 27.3 Å². The standard InChI is InChI=1S/C29H32BrFN6O2/c1-3-36-18-25(19-37(36)4-2)32-16-20-8-10-22(11-9-20)28(38)34-27-13-12-23(30)15-26(27)29(39)35-33-17-21-6-5-7-24(31)14-21/h5-15,17,25,32H,3-4,16,18-19H2,1-2H3,(H,34,38)(H,35,39). The van der Waals surface area contributed by atoms with Crippen molar-refractivity contribution in [3.63, 3.8) is 0 Å². The van der Waals surface area contributed by atoms with Crippen LogP contribution in [0.4, 0.5) is 10.1 Å². The van der Waals surface area contributed by atoms with Crippen molar-refractivity contribution < 1.29 is 14.0 Å². The molecule has 3 aromatic rings. The minimum absolute atomic E-state index is 0.230.